The molecule has 0 unspecified atom stereocenters. The quantitative estimate of drug-likeness (QED) is 0.741. The van der Waals surface area contributed by atoms with Crippen molar-refractivity contribution in [2.45, 2.75) is 26.8 Å². The number of amides is 2. The normalized spacial score (nSPS) is 19.7. The maximum atomic E-state index is 12.6. The van der Waals surface area contributed by atoms with Crippen molar-refractivity contribution in [1.29, 1.82) is 0 Å². The predicted octanol–water partition coefficient (Wildman–Crippen LogP) is 3.13. The molecule has 2 N–H and O–H groups in total. The van der Waals surface area contributed by atoms with Crippen LogP contribution in [0.15, 0.2) is 34.9 Å². The zero-order chi connectivity index (χ0) is 18.4. The first-order valence-electron chi connectivity index (χ1n) is 8.62. The lowest BCUT2D eigenvalue weighted by molar-refractivity contribution is 0.0948. The van der Waals surface area contributed by atoms with E-state index in [-0.39, 0.29) is 23.8 Å². The van der Waals surface area contributed by atoms with Crippen LogP contribution >= 0.6 is 0 Å². The molecule has 7 heteroatoms. The van der Waals surface area contributed by atoms with E-state index >= 15 is 0 Å². The van der Waals surface area contributed by atoms with E-state index in [1.165, 1.54) is 0 Å². The lowest BCUT2D eigenvalue weighted by atomic mass is 10.0. The minimum Gasteiger partial charge on any atom is -0.360 e. The van der Waals surface area contributed by atoms with Gasteiger partial charge in [0.1, 0.15) is 11.5 Å². The summed E-state index contributed by atoms with van der Waals surface area (Å²) >= 11 is 0. The van der Waals surface area contributed by atoms with Gasteiger partial charge in [0.2, 0.25) is 0 Å². The van der Waals surface area contributed by atoms with Gasteiger partial charge in [0, 0.05) is 35.1 Å². The number of fused-ring (bicyclic) bond motifs is 3. The monoisotopic (exact) mass is 352 g/mol. The molecule has 1 aromatic carbocycles. The first-order chi connectivity index (χ1) is 12.4. The third kappa shape index (κ3) is 2.65. The van der Waals surface area contributed by atoms with Crippen LogP contribution in [0.5, 0.6) is 0 Å². The molecule has 3 aromatic rings. The summed E-state index contributed by atoms with van der Waals surface area (Å²) in [6.45, 7) is 6.60. The summed E-state index contributed by atoms with van der Waals surface area (Å²) in [6, 6.07) is 9.11. The number of benzene rings is 1. The zero-order valence-electron chi connectivity index (χ0n) is 14.9. The van der Waals surface area contributed by atoms with Gasteiger partial charge in [0.25, 0.3) is 11.8 Å². The van der Waals surface area contributed by atoms with Crippen LogP contribution < -0.4 is 10.6 Å². The highest BCUT2D eigenvalue weighted by Gasteiger charge is 2.27. The maximum absolute atomic E-state index is 12.6. The summed E-state index contributed by atoms with van der Waals surface area (Å²) in [5.41, 5.74) is 2.01. The molecule has 7 nitrogen and oxygen atoms in total. The summed E-state index contributed by atoms with van der Waals surface area (Å²) < 4.78 is 7.00. The third-order valence-corrected chi connectivity index (χ3v) is 5.02. The van der Waals surface area contributed by atoms with Gasteiger partial charge in [-0.25, -0.2) is 0 Å². The van der Waals surface area contributed by atoms with Crippen LogP contribution in [0.25, 0.3) is 10.9 Å². The smallest absolute Gasteiger partial charge is 0.267 e. The highest BCUT2D eigenvalue weighted by atomic mass is 16.5. The van der Waals surface area contributed by atoms with Gasteiger partial charge in [0.15, 0.2) is 5.82 Å². The third-order valence-electron chi connectivity index (χ3n) is 5.02. The molecule has 0 radical (unpaired) electrons. The fraction of sp³-hybridized carbons (Fsp3) is 0.316. The molecule has 0 saturated heterocycles. The lowest BCUT2D eigenvalue weighted by Crippen LogP contribution is -2.26. The van der Waals surface area contributed by atoms with Gasteiger partial charge >= 0.3 is 0 Å². The van der Waals surface area contributed by atoms with Gasteiger partial charge in [-0.05, 0) is 38.0 Å². The second-order valence-corrected chi connectivity index (χ2v) is 6.88. The topological polar surface area (TPSA) is 89.2 Å². The molecule has 134 valence electrons. The van der Waals surface area contributed by atoms with E-state index in [2.05, 4.69) is 29.6 Å². The van der Waals surface area contributed by atoms with Crippen LogP contribution in [0.2, 0.25) is 0 Å². The fourth-order valence-electron chi connectivity index (χ4n) is 3.36. The summed E-state index contributed by atoms with van der Waals surface area (Å²) in [4.78, 5) is 25.0. The summed E-state index contributed by atoms with van der Waals surface area (Å²) in [5.74, 6) is 0.937. The molecular formula is C19H20N4O3. The highest BCUT2D eigenvalue weighted by Crippen LogP contribution is 2.30. The van der Waals surface area contributed by atoms with Crippen molar-refractivity contribution >= 4 is 28.5 Å². The van der Waals surface area contributed by atoms with Crippen LogP contribution in [0.1, 0.15) is 46.5 Å². The summed E-state index contributed by atoms with van der Waals surface area (Å²) in [5, 5.41) is 10.4. The van der Waals surface area contributed by atoms with E-state index in [0.29, 0.717) is 29.4 Å². The first kappa shape index (κ1) is 16.4. The van der Waals surface area contributed by atoms with Crippen molar-refractivity contribution in [2.24, 2.45) is 5.92 Å². The Morgan fingerprint density at radius 3 is 2.85 bits per heavy atom. The Morgan fingerprint density at radius 1 is 1.31 bits per heavy atom. The number of carbonyl (C=O) groups is 2. The van der Waals surface area contributed by atoms with E-state index < -0.39 is 0 Å². The van der Waals surface area contributed by atoms with E-state index in [9.17, 15) is 9.59 Å². The van der Waals surface area contributed by atoms with Crippen molar-refractivity contribution in [3.05, 3.63) is 47.3 Å². The fourth-order valence-corrected chi connectivity index (χ4v) is 3.36. The molecule has 26 heavy (non-hydrogen) atoms. The zero-order valence-corrected chi connectivity index (χ0v) is 14.9. The van der Waals surface area contributed by atoms with Crippen LogP contribution in [-0.4, -0.2) is 28.1 Å². The molecule has 1 aliphatic heterocycles. The standard InChI is InChI=1S/C19H20N4O3/c1-10-9-20-19(25)16-7-13-4-5-14(8-15(13)23(16)12(10)3)18(24)21-17-6-11(2)26-22-17/h4-8,10,12H,9H2,1-3H3,(H,20,25)(H,21,22,24)/t10-,12+/m1/s1. The Bertz CT molecular complexity index is 1020. The Labute approximate surface area is 150 Å². The van der Waals surface area contributed by atoms with Crippen LogP contribution in [-0.2, 0) is 0 Å². The Hall–Kier alpha value is -3.09. The Balaban J connectivity index is 1.76. The average Bonchev–Trinajstić information content (AvgIpc) is 3.18. The van der Waals surface area contributed by atoms with E-state index in [4.69, 9.17) is 4.52 Å². The summed E-state index contributed by atoms with van der Waals surface area (Å²) in [7, 11) is 0. The second kappa shape index (κ2) is 6.01. The lowest BCUT2D eigenvalue weighted by Gasteiger charge is -2.20. The van der Waals surface area contributed by atoms with Crippen molar-refractivity contribution in [1.82, 2.24) is 15.0 Å². The minimum absolute atomic E-state index is 0.0820. The molecule has 0 saturated carbocycles. The van der Waals surface area contributed by atoms with Crippen LogP contribution in [0.4, 0.5) is 5.82 Å². The van der Waals surface area contributed by atoms with Crippen LogP contribution in [0.3, 0.4) is 0 Å². The molecule has 0 spiro atoms. The van der Waals surface area contributed by atoms with Crippen molar-refractivity contribution in [2.75, 3.05) is 11.9 Å². The van der Waals surface area contributed by atoms with Gasteiger partial charge in [0.05, 0.1) is 0 Å². The van der Waals surface area contributed by atoms with Gasteiger partial charge in [-0.15, -0.1) is 0 Å². The van der Waals surface area contributed by atoms with Gasteiger partial charge in [-0.2, -0.15) is 0 Å². The largest absolute Gasteiger partial charge is 0.360 e. The molecule has 1 aliphatic rings. The molecular weight excluding hydrogens is 332 g/mol. The van der Waals surface area contributed by atoms with Crippen LogP contribution in [0, 0.1) is 12.8 Å². The van der Waals surface area contributed by atoms with Crippen molar-refractivity contribution < 1.29 is 14.1 Å². The van der Waals surface area contributed by atoms with E-state index in [1.807, 2.05) is 22.8 Å². The van der Waals surface area contributed by atoms with Crippen molar-refractivity contribution in [3.8, 4) is 0 Å². The molecule has 2 amide bonds. The molecule has 0 bridgehead atoms. The molecule has 2 atom stereocenters. The van der Waals surface area contributed by atoms with E-state index in [1.54, 1.807) is 19.1 Å². The first-order valence-corrected chi connectivity index (χ1v) is 8.62. The number of carbonyl (C=O) groups excluding carboxylic acids is 2. The number of nitrogens with one attached hydrogen (secondary N) is 2. The highest BCUT2D eigenvalue weighted by molar-refractivity contribution is 6.07. The molecule has 2 aromatic heterocycles. The molecule has 0 fully saturated rings. The van der Waals surface area contributed by atoms with Crippen molar-refractivity contribution in [3.63, 3.8) is 0 Å². The number of nitrogens with zero attached hydrogens (tertiary/aromatic N) is 2. The number of rotatable bonds is 2. The molecule has 4 rings (SSSR count). The number of hydrogen-bond donors (Lipinski definition) is 2. The Morgan fingerprint density at radius 2 is 2.12 bits per heavy atom. The Kier molecular flexibility index (Phi) is 3.79. The van der Waals surface area contributed by atoms with Gasteiger partial charge < -0.3 is 19.7 Å². The number of aromatic nitrogens is 2. The summed E-state index contributed by atoms with van der Waals surface area (Å²) in [6.07, 6.45) is 0. The SMILES string of the molecule is Cc1cc(NC(=O)c2ccc3cc4n(c3c2)[C@@H](C)[C@H](C)CNC4=O)no1. The minimum atomic E-state index is -0.269. The predicted molar refractivity (Wildman–Crippen MR) is 97.3 cm³/mol. The average molecular weight is 352 g/mol. The number of hydrogen-bond acceptors (Lipinski definition) is 4. The van der Waals surface area contributed by atoms with Gasteiger partial charge in [-0.3, -0.25) is 9.59 Å². The van der Waals surface area contributed by atoms with E-state index in [0.717, 1.165) is 10.9 Å². The number of anilines is 1. The molecule has 0 aliphatic carbocycles. The maximum Gasteiger partial charge on any atom is 0.267 e. The van der Waals surface area contributed by atoms with Gasteiger partial charge in [-0.1, -0.05) is 18.1 Å². The number of aryl methyl sites for hydroxylation is 1. The molecule has 3 heterocycles. The second-order valence-electron chi connectivity index (χ2n) is 6.88.